The van der Waals surface area contributed by atoms with Gasteiger partial charge in [0.15, 0.2) is 0 Å². The quantitative estimate of drug-likeness (QED) is 0.617. The van der Waals surface area contributed by atoms with E-state index in [4.69, 9.17) is 11.6 Å². The lowest BCUT2D eigenvalue weighted by atomic mass is 9.97. The van der Waals surface area contributed by atoms with Crippen molar-refractivity contribution in [3.05, 3.63) is 34.5 Å². The van der Waals surface area contributed by atoms with Gasteiger partial charge in [-0.05, 0) is 26.0 Å². The van der Waals surface area contributed by atoms with Crippen molar-refractivity contribution >= 4 is 23.2 Å². The molecule has 0 bridgehead atoms. The third-order valence-electron chi connectivity index (χ3n) is 3.23. The van der Waals surface area contributed by atoms with Crippen LogP contribution in [0.15, 0.2) is 24.3 Å². The molecule has 1 unspecified atom stereocenters. The van der Waals surface area contributed by atoms with Crippen molar-refractivity contribution in [2.75, 3.05) is 13.1 Å². The van der Waals surface area contributed by atoms with Crippen LogP contribution < -0.4 is 9.96 Å². The molecule has 0 aromatic heterocycles. The van der Waals surface area contributed by atoms with Crippen LogP contribution >= 0.6 is 11.6 Å². The van der Waals surface area contributed by atoms with Gasteiger partial charge in [0.1, 0.15) is 17.8 Å². The number of hydrogen-bond acceptors (Lipinski definition) is 3. The number of nitrogens with zero attached hydrogens (tertiary/aromatic N) is 1. The highest BCUT2D eigenvalue weighted by atomic mass is 35.5. The molecule has 0 spiro atoms. The van der Waals surface area contributed by atoms with Gasteiger partial charge in [0, 0.05) is 17.2 Å². The van der Waals surface area contributed by atoms with Gasteiger partial charge in [-0.1, -0.05) is 11.6 Å². The maximum Gasteiger partial charge on any atom is 0.333 e. The summed E-state index contributed by atoms with van der Waals surface area (Å²) in [6.45, 7) is 4.19. The number of carbonyl (C=O) groups is 1. The molecule has 17 heavy (non-hydrogen) atoms. The molecule has 2 rings (SSSR count). The highest BCUT2D eigenvalue weighted by Gasteiger charge is 2.47. The second-order valence-corrected chi connectivity index (χ2v) is 5.33. The van der Waals surface area contributed by atoms with E-state index in [0.29, 0.717) is 17.3 Å². The molecule has 1 aromatic carbocycles. The summed E-state index contributed by atoms with van der Waals surface area (Å²) in [5.41, 5.74) is -0.283. The summed E-state index contributed by atoms with van der Waals surface area (Å²) in [6, 6.07) is 6.53. The van der Waals surface area contributed by atoms with Crippen molar-refractivity contribution in [2.45, 2.75) is 19.4 Å². The number of benzene rings is 1. The molecule has 92 valence electrons. The zero-order valence-corrected chi connectivity index (χ0v) is 10.6. The molecule has 0 aliphatic carbocycles. The second-order valence-electron chi connectivity index (χ2n) is 4.90. The summed E-state index contributed by atoms with van der Waals surface area (Å²) in [6.07, 6.45) is 0. The van der Waals surface area contributed by atoms with E-state index in [9.17, 15) is 10.0 Å². The van der Waals surface area contributed by atoms with Crippen LogP contribution in [-0.2, 0) is 4.79 Å². The number of carbonyl (C=O) groups excluding carboxylic acids is 1. The molecule has 1 amide bonds. The number of nitrogens with one attached hydrogen (secondary N) is 1. The van der Waals surface area contributed by atoms with Crippen molar-refractivity contribution in [3.63, 3.8) is 0 Å². The molecule has 1 aromatic rings. The summed E-state index contributed by atoms with van der Waals surface area (Å²) in [5, 5.41) is 16.4. The van der Waals surface area contributed by atoms with E-state index in [2.05, 4.69) is 5.32 Å². The number of amides is 1. The van der Waals surface area contributed by atoms with E-state index in [1.165, 1.54) is 0 Å². The summed E-state index contributed by atoms with van der Waals surface area (Å²) in [4.78, 5) is 12.0. The van der Waals surface area contributed by atoms with Gasteiger partial charge in [0.2, 0.25) is 0 Å². The Labute approximate surface area is 105 Å². The van der Waals surface area contributed by atoms with Gasteiger partial charge in [0.05, 0.1) is 6.54 Å². The van der Waals surface area contributed by atoms with E-state index in [0.717, 1.165) is 0 Å². The van der Waals surface area contributed by atoms with Crippen molar-refractivity contribution in [1.82, 2.24) is 9.96 Å². The molecule has 1 aliphatic heterocycles. The van der Waals surface area contributed by atoms with Crippen LogP contribution in [0.2, 0.25) is 5.02 Å². The van der Waals surface area contributed by atoms with Crippen LogP contribution in [0.25, 0.3) is 0 Å². The lowest BCUT2D eigenvalue weighted by Gasteiger charge is -2.53. The zero-order valence-electron chi connectivity index (χ0n) is 9.87. The fraction of sp³-hybridized carbons (Fsp3) is 0.417. The Balaban J connectivity index is 2.51. The third kappa shape index (κ3) is 1.87. The first-order chi connectivity index (χ1) is 7.88. The number of piperazine rings is 1. The maximum atomic E-state index is 12.9. The highest BCUT2D eigenvalue weighted by Crippen LogP contribution is 2.34. The molecule has 1 heterocycles. The normalized spacial score (nSPS) is 28.1. The minimum atomic E-state index is -0.933. The fourth-order valence-electron chi connectivity index (χ4n) is 2.18. The Morgan fingerprint density at radius 1 is 1.35 bits per heavy atom. The van der Waals surface area contributed by atoms with Crippen molar-refractivity contribution in [2.24, 2.45) is 0 Å². The Kier molecular flexibility index (Phi) is 2.99. The predicted molar refractivity (Wildman–Crippen MR) is 68.6 cm³/mol. The maximum absolute atomic E-state index is 12.9. The highest BCUT2D eigenvalue weighted by molar-refractivity contribution is 6.30. The number of rotatable bonds is 1. The molecular weight excluding hydrogens is 240 g/mol. The van der Waals surface area contributed by atoms with Gasteiger partial charge >= 0.3 is 5.91 Å². The molecular formula is C12H15ClN2O2. The Hall–Kier alpha value is -0.940. The van der Waals surface area contributed by atoms with Crippen LogP contribution in [0.5, 0.6) is 0 Å². The first kappa shape index (κ1) is 12.5. The summed E-state index contributed by atoms with van der Waals surface area (Å²) in [5.74, 6) is -0.372. The number of hydrogen-bond donors (Lipinski definition) is 1. The van der Waals surface area contributed by atoms with E-state index >= 15 is 0 Å². The van der Waals surface area contributed by atoms with Crippen molar-refractivity contribution < 1.29 is 4.79 Å². The standard InChI is InChI=1S/C12H15ClN2O2/c1-12(2)8-14-7-11(16)15(12,17)10-5-3-9(13)4-6-10/h3-6,14H,7-8H2,1-2H3. The minimum absolute atomic E-state index is 0.107. The zero-order chi connectivity index (χ0) is 12.7. The van der Waals surface area contributed by atoms with Gasteiger partial charge < -0.3 is 5.21 Å². The molecule has 1 atom stereocenters. The van der Waals surface area contributed by atoms with Crippen molar-refractivity contribution in [3.8, 4) is 0 Å². The van der Waals surface area contributed by atoms with E-state index in [-0.39, 0.29) is 12.5 Å². The lowest BCUT2D eigenvalue weighted by molar-refractivity contribution is -0.133. The molecule has 1 saturated heterocycles. The molecule has 0 saturated carbocycles. The number of halogens is 1. The van der Waals surface area contributed by atoms with Gasteiger partial charge in [-0.3, -0.25) is 9.96 Å². The molecule has 4 nitrogen and oxygen atoms in total. The average molecular weight is 255 g/mol. The summed E-state index contributed by atoms with van der Waals surface area (Å²) in [7, 11) is 0. The Morgan fingerprint density at radius 3 is 2.47 bits per heavy atom. The van der Waals surface area contributed by atoms with Gasteiger partial charge in [0.25, 0.3) is 0 Å². The van der Waals surface area contributed by atoms with Crippen LogP contribution in [0, 0.1) is 5.21 Å². The molecule has 1 N–H and O–H groups in total. The molecule has 0 radical (unpaired) electrons. The van der Waals surface area contributed by atoms with Crippen LogP contribution in [0.4, 0.5) is 5.69 Å². The van der Waals surface area contributed by atoms with E-state index in [1.54, 1.807) is 38.1 Å². The molecule has 5 heteroatoms. The lowest BCUT2D eigenvalue weighted by Crippen LogP contribution is -2.71. The van der Waals surface area contributed by atoms with Crippen LogP contribution in [0.1, 0.15) is 13.8 Å². The van der Waals surface area contributed by atoms with Gasteiger partial charge in [-0.15, -0.1) is 0 Å². The first-order valence-electron chi connectivity index (χ1n) is 5.48. The number of quaternary nitrogens is 1. The minimum Gasteiger partial charge on any atom is -0.619 e. The van der Waals surface area contributed by atoms with Crippen LogP contribution in [-0.4, -0.2) is 24.5 Å². The van der Waals surface area contributed by atoms with Crippen LogP contribution in [0.3, 0.4) is 0 Å². The van der Waals surface area contributed by atoms with E-state index < -0.39 is 10.2 Å². The Morgan fingerprint density at radius 2 is 1.94 bits per heavy atom. The summed E-state index contributed by atoms with van der Waals surface area (Å²) < 4.78 is -0.933. The fourth-order valence-corrected chi connectivity index (χ4v) is 2.31. The smallest absolute Gasteiger partial charge is 0.333 e. The topological polar surface area (TPSA) is 52.2 Å². The Bertz CT molecular complexity index is 444. The SMILES string of the molecule is CC1(C)CNCC(=O)[N+]1([O-])c1ccc(Cl)cc1. The number of hydroxylamine groups is 2. The monoisotopic (exact) mass is 254 g/mol. The molecule has 1 fully saturated rings. The third-order valence-corrected chi connectivity index (χ3v) is 3.48. The van der Waals surface area contributed by atoms with E-state index in [1.807, 2.05) is 0 Å². The summed E-state index contributed by atoms with van der Waals surface area (Å²) >= 11 is 5.80. The molecule has 1 aliphatic rings. The second kappa shape index (κ2) is 4.07. The first-order valence-corrected chi connectivity index (χ1v) is 5.86. The van der Waals surface area contributed by atoms with Gasteiger partial charge in [-0.25, -0.2) is 4.79 Å². The van der Waals surface area contributed by atoms with Crippen molar-refractivity contribution in [1.29, 1.82) is 0 Å². The largest absolute Gasteiger partial charge is 0.619 e. The average Bonchev–Trinajstić information content (AvgIpc) is 2.26. The van der Waals surface area contributed by atoms with Gasteiger partial charge in [-0.2, -0.15) is 0 Å². The predicted octanol–water partition coefficient (Wildman–Crippen LogP) is 2.05.